The Morgan fingerprint density at radius 2 is 1.63 bits per heavy atom. The largest absolute Gasteiger partial charge is 0.461 e. The predicted molar refractivity (Wildman–Crippen MR) is 106 cm³/mol. The molecule has 3 aromatic carbocycles. The molecule has 3 aromatic rings. The van der Waals surface area contributed by atoms with Crippen LogP contribution in [0.1, 0.15) is 35.4 Å². The van der Waals surface area contributed by atoms with Gasteiger partial charge in [0.05, 0.1) is 6.42 Å². The SMILES string of the molecule is Cc1ccc2ccccc2c1COC(=O)CC(CC(N)=O)c1ccccc1. The second kappa shape index (κ2) is 8.49. The molecule has 1 atom stereocenters. The van der Waals surface area contributed by atoms with E-state index in [1.807, 2.05) is 67.6 Å². The molecule has 0 aliphatic carbocycles. The number of esters is 1. The zero-order chi connectivity index (χ0) is 19.2. The van der Waals surface area contributed by atoms with Crippen molar-refractivity contribution in [3.8, 4) is 0 Å². The van der Waals surface area contributed by atoms with Crippen LogP contribution in [0.5, 0.6) is 0 Å². The van der Waals surface area contributed by atoms with E-state index in [9.17, 15) is 9.59 Å². The van der Waals surface area contributed by atoms with Crippen molar-refractivity contribution in [3.05, 3.63) is 83.4 Å². The van der Waals surface area contributed by atoms with Crippen molar-refractivity contribution < 1.29 is 14.3 Å². The van der Waals surface area contributed by atoms with Crippen LogP contribution in [-0.4, -0.2) is 11.9 Å². The zero-order valence-electron chi connectivity index (χ0n) is 15.4. The molecule has 3 rings (SSSR count). The molecule has 0 heterocycles. The highest BCUT2D eigenvalue weighted by atomic mass is 16.5. The third-order valence-electron chi connectivity index (χ3n) is 4.78. The number of aryl methyl sites for hydroxylation is 1. The Morgan fingerprint density at radius 3 is 2.37 bits per heavy atom. The molecule has 0 saturated carbocycles. The van der Waals surface area contributed by atoms with E-state index >= 15 is 0 Å². The monoisotopic (exact) mass is 361 g/mol. The standard InChI is InChI=1S/C23H23NO3/c1-16-11-12-18-9-5-6-10-20(18)21(16)15-27-23(26)14-19(13-22(24)25)17-7-3-2-4-8-17/h2-12,19H,13-15H2,1H3,(H2,24,25). The summed E-state index contributed by atoms with van der Waals surface area (Å²) in [5.74, 6) is -1.04. The fourth-order valence-electron chi connectivity index (χ4n) is 3.33. The molecule has 27 heavy (non-hydrogen) atoms. The highest BCUT2D eigenvalue weighted by Crippen LogP contribution is 2.26. The Labute approximate surface area is 159 Å². The minimum Gasteiger partial charge on any atom is -0.461 e. The first-order valence-corrected chi connectivity index (χ1v) is 9.00. The summed E-state index contributed by atoms with van der Waals surface area (Å²) in [5.41, 5.74) is 8.36. The van der Waals surface area contributed by atoms with Gasteiger partial charge in [-0.1, -0.05) is 66.7 Å². The van der Waals surface area contributed by atoms with Gasteiger partial charge in [-0.25, -0.2) is 0 Å². The summed E-state index contributed by atoms with van der Waals surface area (Å²) >= 11 is 0. The van der Waals surface area contributed by atoms with Crippen LogP contribution < -0.4 is 5.73 Å². The Kier molecular flexibility index (Phi) is 5.87. The van der Waals surface area contributed by atoms with Gasteiger partial charge in [-0.2, -0.15) is 0 Å². The molecule has 0 radical (unpaired) electrons. The molecular weight excluding hydrogens is 338 g/mol. The molecule has 0 aromatic heterocycles. The van der Waals surface area contributed by atoms with Gasteiger partial charge in [-0.3, -0.25) is 9.59 Å². The van der Waals surface area contributed by atoms with E-state index in [0.717, 1.165) is 27.5 Å². The third-order valence-corrected chi connectivity index (χ3v) is 4.78. The molecule has 0 bridgehead atoms. The van der Waals surface area contributed by atoms with Crippen molar-refractivity contribution in [1.29, 1.82) is 0 Å². The number of carbonyl (C=O) groups excluding carboxylic acids is 2. The molecular formula is C23H23NO3. The van der Waals surface area contributed by atoms with Gasteiger partial charge in [-0.05, 0) is 28.8 Å². The summed E-state index contributed by atoms with van der Waals surface area (Å²) in [7, 11) is 0. The molecule has 0 spiro atoms. The summed E-state index contributed by atoms with van der Waals surface area (Å²) in [4.78, 5) is 23.9. The lowest BCUT2D eigenvalue weighted by Crippen LogP contribution is -2.18. The number of ether oxygens (including phenoxy) is 1. The van der Waals surface area contributed by atoms with Crippen LogP contribution in [0.25, 0.3) is 10.8 Å². The quantitative estimate of drug-likeness (QED) is 0.640. The molecule has 0 fully saturated rings. The van der Waals surface area contributed by atoms with Crippen LogP contribution in [0.3, 0.4) is 0 Å². The maximum absolute atomic E-state index is 12.5. The van der Waals surface area contributed by atoms with Crippen molar-refractivity contribution in [2.45, 2.75) is 32.3 Å². The average molecular weight is 361 g/mol. The topological polar surface area (TPSA) is 69.4 Å². The van der Waals surface area contributed by atoms with Crippen molar-refractivity contribution in [1.82, 2.24) is 0 Å². The minimum absolute atomic E-state index is 0.117. The Bertz CT molecular complexity index is 950. The highest BCUT2D eigenvalue weighted by Gasteiger charge is 2.19. The van der Waals surface area contributed by atoms with Crippen LogP contribution in [0.2, 0.25) is 0 Å². The van der Waals surface area contributed by atoms with Crippen LogP contribution in [0.15, 0.2) is 66.7 Å². The van der Waals surface area contributed by atoms with E-state index in [2.05, 4.69) is 6.07 Å². The van der Waals surface area contributed by atoms with E-state index in [4.69, 9.17) is 10.5 Å². The number of fused-ring (bicyclic) bond motifs is 1. The molecule has 2 N–H and O–H groups in total. The first-order valence-electron chi connectivity index (χ1n) is 9.00. The molecule has 0 aliphatic rings. The minimum atomic E-state index is -0.429. The van der Waals surface area contributed by atoms with Gasteiger partial charge in [0, 0.05) is 17.9 Å². The lowest BCUT2D eigenvalue weighted by molar-refractivity contribution is -0.145. The first-order chi connectivity index (χ1) is 13.0. The van der Waals surface area contributed by atoms with E-state index < -0.39 is 5.91 Å². The third kappa shape index (κ3) is 4.73. The van der Waals surface area contributed by atoms with Crippen LogP contribution in [0.4, 0.5) is 0 Å². The average Bonchev–Trinajstić information content (AvgIpc) is 2.67. The number of amides is 1. The Morgan fingerprint density at radius 1 is 0.926 bits per heavy atom. The van der Waals surface area contributed by atoms with Gasteiger partial charge in [0.15, 0.2) is 0 Å². The summed E-state index contributed by atoms with van der Waals surface area (Å²) in [6.45, 7) is 2.22. The molecule has 138 valence electrons. The smallest absolute Gasteiger partial charge is 0.306 e. The van der Waals surface area contributed by atoms with Gasteiger partial charge in [-0.15, -0.1) is 0 Å². The molecule has 4 heteroatoms. The second-order valence-electron chi connectivity index (χ2n) is 6.73. The number of hydrogen-bond donors (Lipinski definition) is 1. The van der Waals surface area contributed by atoms with Crippen LogP contribution in [0, 0.1) is 6.92 Å². The van der Waals surface area contributed by atoms with Gasteiger partial charge in [0.1, 0.15) is 6.61 Å². The lowest BCUT2D eigenvalue weighted by Gasteiger charge is -2.16. The van der Waals surface area contributed by atoms with E-state index in [1.165, 1.54) is 0 Å². The van der Waals surface area contributed by atoms with E-state index in [1.54, 1.807) is 0 Å². The van der Waals surface area contributed by atoms with Gasteiger partial charge < -0.3 is 10.5 Å². The first kappa shape index (κ1) is 18.6. The zero-order valence-corrected chi connectivity index (χ0v) is 15.4. The number of hydrogen-bond acceptors (Lipinski definition) is 3. The number of carbonyl (C=O) groups is 2. The van der Waals surface area contributed by atoms with Crippen molar-refractivity contribution in [2.75, 3.05) is 0 Å². The highest BCUT2D eigenvalue weighted by molar-refractivity contribution is 5.87. The van der Waals surface area contributed by atoms with Crippen molar-refractivity contribution in [3.63, 3.8) is 0 Å². The fraction of sp³-hybridized carbons (Fsp3) is 0.217. The molecule has 0 saturated heterocycles. The summed E-state index contributed by atoms with van der Waals surface area (Å²) < 4.78 is 5.56. The second-order valence-corrected chi connectivity index (χ2v) is 6.73. The summed E-state index contributed by atoms with van der Waals surface area (Å²) in [6.07, 6.45) is 0.239. The maximum Gasteiger partial charge on any atom is 0.306 e. The molecule has 1 amide bonds. The number of benzene rings is 3. The van der Waals surface area contributed by atoms with Crippen LogP contribution in [-0.2, 0) is 20.9 Å². The number of primary amides is 1. The van der Waals surface area contributed by atoms with E-state index in [-0.39, 0.29) is 31.3 Å². The van der Waals surface area contributed by atoms with Crippen molar-refractivity contribution >= 4 is 22.6 Å². The van der Waals surface area contributed by atoms with E-state index in [0.29, 0.717) is 0 Å². The molecule has 0 aliphatic heterocycles. The summed E-state index contributed by atoms with van der Waals surface area (Å²) in [5, 5.41) is 2.20. The van der Waals surface area contributed by atoms with Gasteiger partial charge in [0.2, 0.25) is 5.91 Å². The van der Waals surface area contributed by atoms with Crippen LogP contribution >= 0.6 is 0 Å². The predicted octanol–water partition coefficient (Wildman–Crippen LogP) is 4.24. The molecule has 4 nitrogen and oxygen atoms in total. The number of rotatable bonds is 7. The van der Waals surface area contributed by atoms with Gasteiger partial charge in [0.25, 0.3) is 0 Å². The Hall–Kier alpha value is -3.14. The maximum atomic E-state index is 12.5. The van der Waals surface area contributed by atoms with Crippen molar-refractivity contribution in [2.24, 2.45) is 5.73 Å². The fourth-order valence-corrected chi connectivity index (χ4v) is 3.33. The number of nitrogens with two attached hydrogens (primary N) is 1. The Balaban J connectivity index is 1.72. The summed E-state index contributed by atoms with van der Waals surface area (Å²) in [6, 6.07) is 21.6. The molecule has 1 unspecified atom stereocenters. The lowest BCUT2D eigenvalue weighted by atomic mass is 9.92. The normalized spacial score (nSPS) is 11.9. The van der Waals surface area contributed by atoms with Gasteiger partial charge >= 0.3 is 5.97 Å².